The zero-order valence-electron chi connectivity index (χ0n) is 10.4. The second kappa shape index (κ2) is 3.91. The molecule has 94 valence electrons. The molecule has 0 atom stereocenters. The van der Waals surface area contributed by atoms with Crippen LogP contribution in [-0.4, -0.2) is 20.2 Å². The van der Waals surface area contributed by atoms with Crippen molar-refractivity contribution in [2.75, 3.05) is 16.6 Å². The summed E-state index contributed by atoms with van der Waals surface area (Å²) in [4.78, 5) is 0. The highest BCUT2D eigenvalue weighted by molar-refractivity contribution is 7.93. The number of hydrogen-bond donors (Lipinski definition) is 1. The van der Waals surface area contributed by atoms with Gasteiger partial charge in [0.05, 0.1) is 10.9 Å². The van der Waals surface area contributed by atoms with Crippen LogP contribution in [0.2, 0.25) is 0 Å². The normalized spacial score (nSPS) is 15.4. The molecule has 5 heteroatoms. The van der Waals surface area contributed by atoms with Crippen molar-refractivity contribution in [2.45, 2.75) is 32.4 Å². The van der Waals surface area contributed by atoms with Gasteiger partial charge >= 0.3 is 0 Å². The molecule has 0 amide bonds. The van der Waals surface area contributed by atoms with E-state index >= 15 is 0 Å². The number of benzene rings is 1. The van der Waals surface area contributed by atoms with E-state index < -0.39 is 15.3 Å². The average Bonchev–Trinajstić information content (AvgIpc) is 2.62. The van der Waals surface area contributed by atoms with Crippen LogP contribution in [0.3, 0.4) is 0 Å². The Bertz CT molecular complexity index is 550. The number of nitrogens with two attached hydrogens (primary N) is 1. The van der Waals surface area contributed by atoms with Gasteiger partial charge in [0.15, 0.2) is 0 Å². The molecule has 0 saturated heterocycles. The van der Waals surface area contributed by atoms with Gasteiger partial charge in [-0.15, -0.1) is 0 Å². The van der Waals surface area contributed by atoms with Gasteiger partial charge in [-0.2, -0.15) is 0 Å². The molecule has 0 radical (unpaired) electrons. The van der Waals surface area contributed by atoms with Gasteiger partial charge in [0.1, 0.15) is 0 Å². The smallest absolute Gasteiger partial charge is 0.237 e. The number of anilines is 2. The molecule has 1 aromatic carbocycles. The molecule has 0 unspecified atom stereocenters. The van der Waals surface area contributed by atoms with E-state index in [2.05, 4.69) is 0 Å². The van der Waals surface area contributed by atoms with Crippen LogP contribution in [0.4, 0.5) is 11.4 Å². The van der Waals surface area contributed by atoms with Gasteiger partial charge in [0.25, 0.3) is 0 Å². The molecule has 0 aromatic heterocycles. The Morgan fingerprint density at radius 1 is 1.35 bits per heavy atom. The van der Waals surface area contributed by atoms with Gasteiger partial charge in [-0.1, -0.05) is 6.07 Å². The van der Waals surface area contributed by atoms with E-state index in [0.29, 0.717) is 12.2 Å². The summed E-state index contributed by atoms with van der Waals surface area (Å²) in [6.45, 7) is 5.86. The SMILES string of the molecule is Cc1cc2c(cc1N)N(S(=O)(=O)C(C)C)CC2. The number of rotatable bonds is 2. The Morgan fingerprint density at radius 3 is 2.59 bits per heavy atom. The first-order valence-electron chi connectivity index (χ1n) is 5.74. The van der Waals surface area contributed by atoms with Gasteiger partial charge in [0.2, 0.25) is 10.0 Å². The van der Waals surface area contributed by atoms with Crippen molar-refractivity contribution < 1.29 is 8.42 Å². The lowest BCUT2D eigenvalue weighted by Crippen LogP contribution is -2.35. The van der Waals surface area contributed by atoms with Crippen LogP contribution in [0.15, 0.2) is 12.1 Å². The van der Waals surface area contributed by atoms with Gasteiger partial charge in [-0.25, -0.2) is 8.42 Å². The molecule has 0 spiro atoms. The van der Waals surface area contributed by atoms with Gasteiger partial charge in [-0.3, -0.25) is 4.31 Å². The number of fused-ring (bicyclic) bond motifs is 1. The van der Waals surface area contributed by atoms with Gasteiger partial charge < -0.3 is 5.73 Å². The fraction of sp³-hybridized carbons (Fsp3) is 0.500. The summed E-state index contributed by atoms with van der Waals surface area (Å²) < 4.78 is 25.8. The average molecular weight is 254 g/mol. The highest BCUT2D eigenvalue weighted by Gasteiger charge is 2.31. The van der Waals surface area contributed by atoms with Crippen molar-refractivity contribution in [3.63, 3.8) is 0 Å². The first kappa shape index (κ1) is 12.2. The third kappa shape index (κ3) is 1.88. The fourth-order valence-corrected chi connectivity index (χ4v) is 3.36. The summed E-state index contributed by atoms with van der Waals surface area (Å²) in [5.74, 6) is 0. The minimum absolute atomic E-state index is 0.407. The largest absolute Gasteiger partial charge is 0.398 e. The summed E-state index contributed by atoms with van der Waals surface area (Å²) in [5, 5.41) is -0.407. The van der Waals surface area contributed by atoms with Crippen molar-refractivity contribution in [3.05, 3.63) is 23.3 Å². The standard InChI is InChI=1S/C12H18N2O2S/c1-8(2)17(15,16)14-5-4-10-6-9(3)11(13)7-12(10)14/h6-8H,4-5,13H2,1-3H3. The molecule has 1 aromatic rings. The molecule has 1 aliphatic rings. The van der Waals surface area contributed by atoms with E-state index in [4.69, 9.17) is 5.73 Å². The summed E-state index contributed by atoms with van der Waals surface area (Å²) >= 11 is 0. The molecular weight excluding hydrogens is 236 g/mol. The maximum absolute atomic E-state index is 12.2. The molecular formula is C12H18N2O2S. The molecule has 0 fully saturated rings. The van der Waals surface area contributed by atoms with E-state index in [-0.39, 0.29) is 0 Å². The molecule has 2 N–H and O–H groups in total. The molecule has 2 rings (SSSR count). The van der Waals surface area contributed by atoms with E-state index in [1.54, 1.807) is 19.9 Å². The van der Waals surface area contributed by atoms with E-state index in [0.717, 1.165) is 23.2 Å². The van der Waals surface area contributed by atoms with Crippen molar-refractivity contribution in [3.8, 4) is 0 Å². The van der Waals surface area contributed by atoms with Crippen LogP contribution in [-0.2, 0) is 16.4 Å². The van der Waals surface area contributed by atoms with Gasteiger partial charge in [0, 0.05) is 12.2 Å². The zero-order chi connectivity index (χ0) is 12.8. The second-order valence-corrected chi connectivity index (χ2v) is 7.17. The van der Waals surface area contributed by atoms with Crippen LogP contribution in [0.1, 0.15) is 25.0 Å². The van der Waals surface area contributed by atoms with E-state index in [1.165, 1.54) is 4.31 Å². The predicted molar refractivity (Wildman–Crippen MR) is 70.7 cm³/mol. The van der Waals surface area contributed by atoms with E-state index in [9.17, 15) is 8.42 Å². The van der Waals surface area contributed by atoms with Crippen LogP contribution in [0.5, 0.6) is 0 Å². The minimum Gasteiger partial charge on any atom is -0.398 e. The molecule has 17 heavy (non-hydrogen) atoms. The van der Waals surface area contributed by atoms with Crippen LogP contribution in [0.25, 0.3) is 0 Å². The summed E-state index contributed by atoms with van der Waals surface area (Å²) in [5.41, 5.74) is 9.33. The highest BCUT2D eigenvalue weighted by Crippen LogP contribution is 2.34. The lowest BCUT2D eigenvalue weighted by molar-refractivity contribution is 0.583. The lowest BCUT2D eigenvalue weighted by atomic mass is 10.1. The molecule has 4 nitrogen and oxygen atoms in total. The third-order valence-electron chi connectivity index (χ3n) is 3.22. The number of hydrogen-bond acceptors (Lipinski definition) is 3. The summed E-state index contributed by atoms with van der Waals surface area (Å²) in [6, 6.07) is 3.76. The lowest BCUT2D eigenvalue weighted by Gasteiger charge is -2.22. The number of nitrogen functional groups attached to an aromatic ring is 1. The van der Waals surface area contributed by atoms with Crippen molar-refractivity contribution in [2.24, 2.45) is 0 Å². The van der Waals surface area contributed by atoms with Gasteiger partial charge in [-0.05, 0) is 44.4 Å². The fourth-order valence-electron chi connectivity index (χ4n) is 2.07. The first-order valence-corrected chi connectivity index (χ1v) is 7.25. The Kier molecular flexibility index (Phi) is 2.81. The highest BCUT2D eigenvalue weighted by atomic mass is 32.2. The van der Waals surface area contributed by atoms with Crippen molar-refractivity contribution in [1.82, 2.24) is 0 Å². The van der Waals surface area contributed by atoms with Crippen LogP contribution >= 0.6 is 0 Å². The molecule has 0 saturated carbocycles. The Hall–Kier alpha value is -1.23. The maximum Gasteiger partial charge on any atom is 0.237 e. The Labute approximate surface area is 102 Å². The minimum atomic E-state index is -3.24. The Balaban J connectivity index is 2.51. The third-order valence-corrected chi connectivity index (χ3v) is 5.41. The monoisotopic (exact) mass is 254 g/mol. The quantitative estimate of drug-likeness (QED) is 0.817. The topological polar surface area (TPSA) is 63.4 Å². The Morgan fingerprint density at radius 2 is 2.00 bits per heavy atom. The molecule has 0 aliphatic carbocycles. The van der Waals surface area contributed by atoms with E-state index in [1.807, 2.05) is 13.0 Å². The molecule has 1 heterocycles. The first-order chi connectivity index (χ1) is 7.84. The zero-order valence-corrected chi connectivity index (χ0v) is 11.2. The number of aryl methyl sites for hydroxylation is 1. The maximum atomic E-state index is 12.2. The predicted octanol–water partition coefficient (Wildman–Crippen LogP) is 1.68. The van der Waals surface area contributed by atoms with Crippen LogP contribution in [0, 0.1) is 6.92 Å². The van der Waals surface area contributed by atoms with Crippen LogP contribution < -0.4 is 10.0 Å². The number of sulfonamides is 1. The second-order valence-electron chi connectivity index (χ2n) is 4.75. The van der Waals surface area contributed by atoms with Crippen molar-refractivity contribution in [1.29, 1.82) is 0 Å². The summed E-state index contributed by atoms with van der Waals surface area (Å²) in [7, 11) is -3.24. The molecule has 0 bridgehead atoms. The summed E-state index contributed by atoms with van der Waals surface area (Å²) in [6.07, 6.45) is 0.766. The number of nitrogens with zero attached hydrogens (tertiary/aromatic N) is 1. The molecule has 1 aliphatic heterocycles. The van der Waals surface area contributed by atoms with Crippen molar-refractivity contribution >= 4 is 21.4 Å².